The Balaban J connectivity index is 1.42. The Hall–Kier alpha value is -2.90. The number of anilines is 1. The molecule has 2 aromatic heterocycles. The number of piperazine rings is 1. The first-order valence-corrected chi connectivity index (χ1v) is 11.4. The normalized spacial score (nSPS) is 18.2. The average Bonchev–Trinajstić information content (AvgIpc) is 3.30. The van der Waals surface area contributed by atoms with Gasteiger partial charge in [-0.3, -0.25) is 4.79 Å². The summed E-state index contributed by atoms with van der Waals surface area (Å²) in [6.07, 6.45) is 4.33. The van der Waals surface area contributed by atoms with Gasteiger partial charge in [0.15, 0.2) is 5.76 Å². The number of nitrogens with zero attached hydrogens (tertiary/aromatic N) is 5. The van der Waals surface area contributed by atoms with Gasteiger partial charge >= 0.3 is 0 Å². The van der Waals surface area contributed by atoms with Crippen LogP contribution in [0.2, 0.25) is 0 Å². The SMILES string of the molecule is N#Cc1cccnc1N1CCN(C(=O)c2ccc(S(=O)(=O)N3CCCCC3)o2)CC1. The van der Waals surface area contributed by atoms with E-state index in [2.05, 4.69) is 11.1 Å². The molecule has 10 heteroatoms. The molecule has 0 saturated carbocycles. The van der Waals surface area contributed by atoms with Crippen molar-refractivity contribution in [1.82, 2.24) is 14.2 Å². The molecular formula is C20H23N5O4S. The lowest BCUT2D eigenvalue weighted by Crippen LogP contribution is -2.49. The summed E-state index contributed by atoms with van der Waals surface area (Å²) in [6.45, 7) is 2.86. The zero-order valence-electron chi connectivity index (χ0n) is 16.5. The number of hydrogen-bond acceptors (Lipinski definition) is 7. The summed E-state index contributed by atoms with van der Waals surface area (Å²) in [4.78, 5) is 20.7. The van der Waals surface area contributed by atoms with Gasteiger partial charge in [-0.05, 0) is 37.1 Å². The van der Waals surface area contributed by atoms with E-state index in [0.717, 1.165) is 19.3 Å². The lowest BCUT2D eigenvalue weighted by Gasteiger charge is -2.35. The van der Waals surface area contributed by atoms with Gasteiger partial charge in [0.2, 0.25) is 5.09 Å². The third-order valence-corrected chi connectivity index (χ3v) is 7.25. The summed E-state index contributed by atoms with van der Waals surface area (Å²) in [7, 11) is -3.71. The Bertz CT molecular complexity index is 1060. The lowest BCUT2D eigenvalue weighted by atomic mass is 10.2. The fraction of sp³-hybridized carbons (Fsp3) is 0.450. The van der Waals surface area contributed by atoms with E-state index in [9.17, 15) is 18.5 Å². The van der Waals surface area contributed by atoms with E-state index in [0.29, 0.717) is 50.6 Å². The second-order valence-electron chi connectivity index (χ2n) is 7.35. The average molecular weight is 430 g/mol. The van der Waals surface area contributed by atoms with Crippen molar-refractivity contribution in [3.8, 4) is 6.07 Å². The van der Waals surface area contributed by atoms with Gasteiger partial charge in [-0.15, -0.1) is 0 Å². The molecule has 1 amide bonds. The maximum Gasteiger partial charge on any atom is 0.289 e. The van der Waals surface area contributed by atoms with Crippen LogP contribution in [0.5, 0.6) is 0 Å². The smallest absolute Gasteiger partial charge is 0.289 e. The monoisotopic (exact) mass is 429 g/mol. The largest absolute Gasteiger partial charge is 0.438 e. The minimum Gasteiger partial charge on any atom is -0.438 e. The minimum absolute atomic E-state index is 0.0228. The quantitative estimate of drug-likeness (QED) is 0.727. The third kappa shape index (κ3) is 3.91. The second-order valence-corrected chi connectivity index (χ2v) is 9.22. The van der Waals surface area contributed by atoms with Crippen molar-refractivity contribution in [2.24, 2.45) is 0 Å². The molecule has 0 bridgehead atoms. The molecule has 4 heterocycles. The van der Waals surface area contributed by atoms with Crippen molar-refractivity contribution in [2.75, 3.05) is 44.2 Å². The number of pyridine rings is 1. The zero-order chi connectivity index (χ0) is 21.1. The van der Waals surface area contributed by atoms with Crippen LogP contribution < -0.4 is 4.90 Å². The summed E-state index contributed by atoms with van der Waals surface area (Å²) in [5.41, 5.74) is 0.496. The lowest BCUT2D eigenvalue weighted by molar-refractivity contribution is 0.0708. The maximum atomic E-state index is 12.8. The third-order valence-electron chi connectivity index (χ3n) is 5.47. The van der Waals surface area contributed by atoms with Crippen LogP contribution in [0, 0.1) is 11.3 Å². The molecule has 2 fully saturated rings. The summed E-state index contributed by atoms with van der Waals surface area (Å²) in [5.74, 6) is 0.297. The van der Waals surface area contributed by atoms with Crippen molar-refractivity contribution >= 4 is 21.7 Å². The van der Waals surface area contributed by atoms with Gasteiger partial charge in [0.05, 0.1) is 5.56 Å². The van der Waals surface area contributed by atoms with Crippen LogP contribution in [0.15, 0.2) is 40.0 Å². The summed E-state index contributed by atoms with van der Waals surface area (Å²) < 4.78 is 32.3. The first-order chi connectivity index (χ1) is 14.5. The minimum atomic E-state index is -3.71. The molecule has 0 unspecified atom stereocenters. The topological polar surface area (TPSA) is 111 Å². The molecule has 4 rings (SSSR count). The van der Waals surface area contributed by atoms with Crippen LogP contribution in [0.3, 0.4) is 0 Å². The van der Waals surface area contributed by atoms with E-state index in [4.69, 9.17) is 4.42 Å². The van der Waals surface area contributed by atoms with E-state index in [-0.39, 0.29) is 16.8 Å². The Morgan fingerprint density at radius 1 is 1.03 bits per heavy atom. The Morgan fingerprint density at radius 2 is 1.77 bits per heavy atom. The van der Waals surface area contributed by atoms with Crippen molar-refractivity contribution in [3.63, 3.8) is 0 Å². The molecule has 158 valence electrons. The van der Waals surface area contributed by atoms with E-state index in [1.54, 1.807) is 23.2 Å². The van der Waals surface area contributed by atoms with E-state index in [1.807, 2.05) is 4.90 Å². The van der Waals surface area contributed by atoms with Gasteiger partial charge in [0, 0.05) is 45.5 Å². The van der Waals surface area contributed by atoms with Crippen LogP contribution in [0.4, 0.5) is 5.82 Å². The fourth-order valence-electron chi connectivity index (χ4n) is 3.82. The number of hydrogen-bond donors (Lipinski definition) is 0. The molecule has 0 aromatic carbocycles. The van der Waals surface area contributed by atoms with E-state index < -0.39 is 10.0 Å². The highest BCUT2D eigenvalue weighted by Gasteiger charge is 2.31. The van der Waals surface area contributed by atoms with Crippen LogP contribution in [-0.2, 0) is 10.0 Å². The van der Waals surface area contributed by atoms with Gasteiger partial charge in [-0.25, -0.2) is 13.4 Å². The molecule has 0 spiro atoms. The molecule has 30 heavy (non-hydrogen) atoms. The molecule has 2 aliphatic rings. The molecule has 2 aromatic rings. The number of aromatic nitrogens is 1. The summed E-state index contributed by atoms with van der Waals surface area (Å²) in [5, 5.41) is 9.07. The molecule has 2 aliphatic heterocycles. The number of piperidine rings is 1. The number of sulfonamides is 1. The summed E-state index contributed by atoms with van der Waals surface area (Å²) in [6, 6.07) is 8.36. The van der Waals surface area contributed by atoms with Crippen molar-refractivity contribution in [2.45, 2.75) is 24.4 Å². The predicted molar refractivity (Wildman–Crippen MR) is 108 cm³/mol. The molecular weight excluding hydrogens is 406 g/mol. The predicted octanol–water partition coefficient (Wildman–Crippen LogP) is 1.68. The second kappa shape index (κ2) is 8.45. The Kier molecular flexibility index (Phi) is 5.74. The van der Waals surface area contributed by atoms with Crippen molar-refractivity contribution < 1.29 is 17.6 Å². The number of carbonyl (C=O) groups is 1. The molecule has 0 aliphatic carbocycles. The molecule has 9 nitrogen and oxygen atoms in total. The van der Waals surface area contributed by atoms with Crippen LogP contribution in [0.25, 0.3) is 0 Å². The van der Waals surface area contributed by atoms with E-state index in [1.165, 1.54) is 16.4 Å². The standard InChI is InChI=1S/C20H23N5O4S/c21-15-16-5-4-8-22-19(16)23-11-13-24(14-12-23)20(26)17-6-7-18(29-17)30(27,28)25-9-2-1-3-10-25/h4-8H,1-3,9-14H2. The van der Waals surface area contributed by atoms with Crippen molar-refractivity contribution in [3.05, 3.63) is 41.8 Å². The number of rotatable bonds is 4. The first kappa shape index (κ1) is 20.4. The van der Waals surface area contributed by atoms with Gasteiger partial charge in [-0.1, -0.05) is 6.42 Å². The van der Waals surface area contributed by atoms with Gasteiger partial charge < -0.3 is 14.2 Å². The first-order valence-electron chi connectivity index (χ1n) is 10.00. The van der Waals surface area contributed by atoms with E-state index >= 15 is 0 Å². The van der Waals surface area contributed by atoms with Crippen LogP contribution >= 0.6 is 0 Å². The maximum absolute atomic E-state index is 12.8. The van der Waals surface area contributed by atoms with Crippen LogP contribution in [-0.4, -0.2) is 67.8 Å². The molecule has 2 saturated heterocycles. The number of amides is 1. The van der Waals surface area contributed by atoms with Crippen LogP contribution in [0.1, 0.15) is 35.4 Å². The number of furan rings is 1. The Morgan fingerprint density at radius 3 is 2.47 bits per heavy atom. The molecule has 0 atom stereocenters. The molecule has 0 radical (unpaired) electrons. The highest BCUT2D eigenvalue weighted by molar-refractivity contribution is 7.89. The Labute approximate surface area is 175 Å². The van der Waals surface area contributed by atoms with Crippen molar-refractivity contribution in [1.29, 1.82) is 5.26 Å². The van der Waals surface area contributed by atoms with Gasteiger partial charge in [-0.2, -0.15) is 9.57 Å². The molecule has 0 N–H and O–H groups in total. The fourth-order valence-corrected chi connectivity index (χ4v) is 5.25. The highest BCUT2D eigenvalue weighted by atomic mass is 32.2. The highest BCUT2D eigenvalue weighted by Crippen LogP contribution is 2.24. The number of carbonyl (C=O) groups excluding carboxylic acids is 1. The van der Waals surface area contributed by atoms with Gasteiger partial charge in [0.1, 0.15) is 11.9 Å². The number of nitriles is 1. The van der Waals surface area contributed by atoms with Gasteiger partial charge in [0.25, 0.3) is 15.9 Å². The zero-order valence-corrected chi connectivity index (χ0v) is 17.3. The summed E-state index contributed by atoms with van der Waals surface area (Å²) >= 11 is 0.